The minimum absolute atomic E-state index is 0.000995. The summed E-state index contributed by atoms with van der Waals surface area (Å²) in [5.41, 5.74) is 0. The molecule has 0 aromatic rings. The molecular weight excluding hydrogens is 232 g/mol. The van der Waals surface area contributed by atoms with Crippen molar-refractivity contribution in [2.75, 3.05) is 33.5 Å². The minimum atomic E-state index is -0.000995. The number of carbonyl (C=O) groups excluding carboxylic acids is 1. The molecule has 0 saturated carbocycles. The van der Waals surface area contributed by atoms with Crippen LogP contribution < -0.4 is 5.32 Å². The van der Waals surface area contributed by atoms with E-state index >= 15 is 0 Å². The van der Waals surface area contributed by atoms with Crippen molar-refractivity contribution in [1.82, 2.24) is 10.2 Å². The highest BCUT2D eigenvalue weighted by atomic mass is 16.5. The lowest BCUT2D eigenvalue weighted by Crippen LogP contribution is -2.39. The van der Waals surface area contributed by atoms with Crippen LogP contribution in [0.2, 0.25) is 0 Å². The molecule has 1 aliphatic heterocycles. The number of carbonyl (C=O) groups is 1. The molecule has 0 bridgehead atoms. The second kappa shape index (κ2) is 8.45. The molecule has 0 spiro atoms. The van der Waals surface area contributed by atoms with Crippen molar-refractivity contribution in [3.8, 4) is 0 Å². The molecule has 0 radical (unpaired) electrons. The van der Waals surface area contributed by atoms with E-state index in [2.05, 4.69) is 19.2 Å². The molecule has 1 rings (SSSR count). The van der Waals surface area contributed by atoms with Gasteiger partial charge in [0.1, 0.15) is 0 Å². The number of nitrogens with zero attached hydrogens (tertiary/aromatic N) is 1. The lowest BCUT2D eigenvalue weighted by molar-refractivity contribution is -0.131. The first-order valence-electron chi connectivity index (χ1n) is 6.87. The maximum absolute atomic E-state index is 12.2. The quantitative estimate of drug-likeness (QED) is 0.627. The van der Waals surface area contributed by atoms with Crippen molar-refractivity contribution in [1.29, 1.82) is 0 Å². The Labute approximate surface area is 110 Å². The molecule has 0 aromatic carbocycles. The van der Waals surface area contributed by atoms with Crippen molar-refractivity contribution < 1.29 is 14.3 Å². The van der Waals surface area contributed by atoms with Gasteiger partial charge in [0, 0.05) is 13.7 Å². The molecule has 106 valence electrons. The molecule has 5 nitrogen and oxygen atoms in total. The van der Waals surface area contributed by atoms with Crippen molar-refractivity contribution in [3.63, 3.8) is 0 Å². The molecule has 0 aliphatic carbocycles. The molecule has 1 aliphatic rings. The van der Waals surface area contributed by atoms with Crippen LogP contribution in [0.25, 0.3) is 0 Å². The van der Waals surface area contributed by atoms with Gasteiger partial charge in [0.15, 0.2) is 0 Å². The Morgan fingerprint density at radius 3 is 2.67 bits per heavy atom. The van der Waals surface area contributed by atoms with Gasteiger partial charge in [-0.25, -0.2) is 0 Å². The van der Waals surface area contributed by atoms with E-state index in [4.69, 9.17) is 9.47 Å². The first kappa shape index (κ1) is 15.4. The number of ether oxygens (including phenoxy) is 2. The fraction of sp³-hybridized carbons (Fsp3) is 0.923. The Bertz CT molecular complexity index is 248. The number of methoxy groups -OCH3 is 1. The van der Waals surface area contributed by atoms with E-state index in [1.807, 2.05) is 4.90 Å². The first-order chi connectivity index (χ1) is 8.74. The van der Waals surface area contributed by atoms with Gasteiger partial charge in [-0.05, 0) is 12.8 Å². The van der Waals surface area contributed by atoms with Crippen LogP contribution in [0.4, 0.5) is 0 Å². The van der Waals surface area contributed by atoms with Gasteiger partial charge >= 0.3 is 0 Å². The predicted molar refractivity (Wildman–Crippen MR) is 70.3 cm³/mol. The fourth-order valence-electron chi connectivity index (χ4n) is 2.25. The molecule has 1 saturated heterocycles. The Hall–Kier alpha value is -0.650. The van der Waals surface area contributed by atoms with Gasteiger partial charge in [-0.2, -0.15) is 0 Å². The highest BCUT2D eigenvalue weighted by Gasteiger charge is 2.36. The number of nitrogens with one attached hydrogen (secondary N) is 1. The number of rotatable bonds is 9. The van der Waals surface area contributed by atoms with Crippen LogP contribution in [0.15, 0.2) is 0 Å². The maximum Gasteiger partial charge on any atom is 0.241 e. The topological polar surface area (TPSA) is 50.8 Å². The summed E-state index contributed by atoms with van der Waals surface area (Å²) in [4.78, 5) is 14.1. The summed E-state index contributed by atoms with van der Waals surface area (Å²) < 4.78 is 10.3. The average molecular weight is 258 g/mol. The predicted octanol–water partition coefficient (Wildman–Crippen LogP) is 0.986. The van der Waals surface area contributed by atoms with Crippen molar-refractivity contribution in [3.05, 3.63) is 0 Å². The standard InChI is InChI=1S/C13H26N2O3/c1-4-6-11-13(16)15(12(5-2)14-11)7-8-18-10-9-17-3/h11-12,14H,4-10H2,1-3H3. The summed E-state index contributed by atoms with van der Waals surface area (Å²) >= 11 is 0. The van der Waals surface area contributed by atoms with Gasteiger partial charge in [-0.3, -0.25) is 10.1 Å². The lowest BCUT2D eigenvalue weighted by Gasteiger charge is -2.22. The summed E-state index contributed by atoms with van der Waals surface area (Å²) in [5, 5.41) is 3.39. The van der Waals surface area contributed by atoms with Gasteiger partial charge in [0.05, 0.1) is 32.0 Å². The summed E-state index contributed by atoms with van der Waals surface area (Å²) in [5.74, 6) is 0.221. The van der Waals surface area contributed by atoms with Crippen LogP contribution in [0, 0.1) is 0 Å². The fourth-order valence-corrected chi connectivity index (χ4v) is 2.25. The smallest absolute Gasteiger partial charge is 0.241 e. The van der Waals surface area contributed by atoms with Crippen molar-refractivity contribution >= 4 is 5.91 Å². The van der Waals surface area contributed by atoms with Crippen LogP contribution in [0.5, 0.6) is 0 Å². The molecular formula is C13H26N2O3. The van der Waals surface area contributed by atoms with E-state index in [-0.39, 0.29) is 18.1 Å². The molecule has 0 aromatic heterocycles. The number of hydrogen-bond donors (Lipinski definition) is 1. The maximum atomic E-state index is 12.2. The van der Waals surface area contributed by atoms with E-state index in [9.17, 15) is 4.79 Å². The Morgan fingerprint density at radius 1 is 1.28 bits per heavy atom. The van der Waals surface area contributed by atoms with Gasteiger partial charge in [-0.1, -0.05) is 20.3 Å². The second-order valence-corrected chi connectivity index (χ2v) is 4.57. The van der Waals surface area contributed by atoms with Crippen molar-refractivity contribution in [2.24, 2.45) is 0 Å². The zero-order valence-corrected chi connectivity index (χ0v) is 11.8. The molecule has 1 amide bonds. The third-order valence-corrected chi connectivity index (χ3v) is 3.22. The van der Waals surface area contributed by atoms with E-state index in [0.29, 0.717) is 26.4 Å². The van der Waals surface area contributed by atoms with E-state index < -0.39 is 0 Å². The number of amides is 1. The van der Waals surface area contributed by atoms with Gasteiger partial charge in [0.25, 0.3) is 0 Å². The average Bonchev–Trinajstić information content (AvgIpc) is 2.67. The van der Waals surface area contributed by atoms with Crippen LogP contribution in [0.1, 0.15) is 33.1 Å². The molecule has 1 fully saturated rings. The SMILES string of the molecule is CCCC1NC(CC)N(CCOCCOC)C1=O. The van der Waals surface area contributed by atoms with Gasteiger partial charge < -0.3 is 14.4 Å². The molecule has 5 heteroatoms. The molecule has 1 N–H and O–H groups in total. The van der Waals surface area contributed by atoms with Crippen LogP contribution >= 0.6 is 0 Å². The highest BCUT2D eigenvalue weighted by Crippen LogP contribution is 2.16. The Balaban J connectivity index is 2.34. The Kier molecular flexibility index (Phi) is 7.23. The monoisotopic (exact) mass is 258 g/mol. The largest absolute Gasteiger partial charge is 0.382 e. The molecule has 1 heterocycles. The normalized spacial score (nSPS) is 23.9. The Morgan fingerprint density at radius 2 is 2.06 bits per heavy atom. The zero-order valence-electron chi connectivity index (χ0n) is 11.8. The summed E-state index contributed by atoms with van der Waals surface area (Å²) in [6.07, 6.45) is 3.04. The van der Waals surface area contributed by atoms with Crippen LogP contribution in [0.3, 0.4) is 0 Å². The van der Waals surface area contributed by atoms with Gasteiger partial charge in [0.2, 0.25) is 5.91 Å². The summed E-state index contributed by atoms with van der Waals surface area (Å²) in [7, 11) is 1.65. The van der Waals surface area contributed by atoms with Crippen molar-refractivity contribution in [2.45, 2.75) is 45.3 Å². The minimum Gasteiger partial charge on any atom is -0.382 e. The lowest BCUT2D eigenvalue weighted by atomic mass is 10.2. The van der Waals surface area contributed by atoms with E-state index in [1.165, 1.54) is 0 Å². The first-order valence-corrected chi connectivity index (χ1v) is 6.87. The number of hydrogen-bond acceptors (Lipinski definition) is 4. The van der Waals surface area contributed by atoms with Gasteiger partial charge in [-0.15, -0.1) is 0 Å². The van der Waals surface area contributed by atoms with E-state index in [1.54, 1.807) is 7.11 Å². The highest BCUT2D eigenvalue weighted by molar-refractivity contribution is 5.84. The van der Waals surface area contributed by atoms with Crippen LogP contribution in [-0.2, 0) is 14.3 Å². The molecule has 2 unspecified atom stereocenters. The molecule has 2 atom stereocenters. The zero-order chi connectivity index (χ0) is 13.4. The van der Waals surface area contributed by atoms with Crippen LogP contribution in [-0.4, -0.2) is 56.5 Å². The third kappa shape index (κ3) is 4.23. The second-order valence-electron chi connectivity index (χ2n) is 4.57. The van der Waals surface area contributed by atoms with E-state index in [0.717, 1.165) is 19.3 Å². The third-order valence-electron chi connectivity index (χ3n) is 3.22. The molecule has 18 heavy (non-hydrogen) atoms. The summed E-state index contributed by atoms with van der Waals surface area (Å²) in [6, 6.07) is -0.000995. The summed E-state index contributed by atoms with van der Waals surface area (Å²) in [6.45, 7) is 6.62.